The van der Waals surface area contributed by atoms with Crippen molar-refractivity contribution in [2.45, 2.75) is 32.9 Å². The highest BCUT2D eigenvalue weighted by Crippen LogP contribution is 2.37. The molecule has 0 saturated heterocycles. The first kappa shape index (κ1) is 28.1. The SMILES string of the molecule is COc1cc(/C=c2\sc3n(c2=O)[C@@H](c2cc(Br)ccc2OC)C(C(=O)OC(C)C)=C(C)N=3)ccc1OCC#N. The van der Waals surface area contributed by atoms with Crippen LogP contribution in [0.4, 0.5) is 0 Å². The minimum Gasteiger partial charge on any atom is -0.496 e. The average molecular weight is 613 g/mol. The zero-order valence-electron chi connectivity index (χ0n) is 22.0. The lowest BCUT2D eigenvalue weighted by Gasteiger charge is -2.26. The molecule has 39 heavy (non-hydrogen) atoms. The van der Waals surface area contributed by atoms with Crippen molar-refractivity contribution < 1.29 is 23.7 Å². The Balaban J connectivity index is 1.93. The third kappa shape index (κ3) is 5.77. The summed E-state index contributed by atoms with van der Waals surface area (Å²) >= 11 is 4.72. The van der Waals surface area contributed by atoms with Crippen LogP contribution in [0, 0.1) is 11.3 Å². The molecule has 1 aliphatic heterocycles. The Kier molecular flexibility index (Phi) is 8.57. The monoisotopic (exact) mass is 611 g/mol. The van der Waals surface area contributed by atoms with Crippen molar-refractivity contribution in [1.82, 2.24) is 4.57 Å². The summed E-state index contributed by atoms with van der Waals surface area (Å²) in [7, 11) is 3.04. The van der Waals surface area contributed by atoms with Crippen LogP contribution < -0.4 is 29.1 Å². The van der Waals surface area contributed by atoms with E-state index in [-0.39, 0.29) is 23.8 Å². The summed E-state index contributed by atoms with van der Waals surface area (Å²) in [5, 5.41) is 8.81. The molecule has 0 amide bonds. The summed E-state index contributed by atoms with van der Waals surface area (Å²) in [4.78, 5) is 32.3. The van der Waals surface area contributed by atoms with Crippen molar-refractivity contribution in [3.63, 3.8) is 0 Å². The van der Waals surface area contributed by atoms with Gasteiger partial charge in [-0.2, -0.15) is 5.26 Å². The van der Waals surface area contributed by atoms with E-state index in [9.17, 15) is 9.59 Å². The molecule has 9 nitrogen and oxygen atoms in total. The summed E-state index contributed by atoms with van der Waals surface area (Å²) < 4.78 is 24.7. The maximum absolute atomic E-state index is 13.9. The van der Waals surface area contributed by atoms with Gasteiger partial charge in [-0.3, -0.25) is 9.36 Å². The molecule has 4 rings (SSSR count). The molecule has 0 aliphatic carbocycles. The van der Waals surface area contributed by atoms with Gasteiger partial charge in [-0.1, -0.05) is 33.3 Å². The fraction of sp³-hybridized carbons (Fsp3) is 0.286. The lowest BCUT2D eigenvalue weighted by molar-refractivity contribution is -0.143. The number of benzene rings is 2. The van der Waals surface area contributed by atoms with Gasteiger partial charge in [-0.15, -0.1) is 0 Å². The number of esters is 1. The number of thiazole rings is 1. The zero-order valence-corrected chi connectivity index (χ0v) is 24.4. The molecule has 0 N–H and O–H groups in total. The quantitative estimate of drug-likeness (QED) is 0.355. The standard InChI is InChI=1S/C28H26BrN3O6S/c1-15(2)38-27(34)24-16(3)31-28-32(25(24)19-14-18(29)7-9-20(19)35-4)26(33)23(39-28)13-17-6-8-21(37-11-10-30)22(12-17)36-5/h6-9,12-15,25H,11H2,1-5H3/b23-13-/t25-/m0/s1. The number of carbonyl (C=O) groups is 1. The fourth-order valence-electron chi connectivity index (χ4n) is 4.23. The number of aromatic nitrogens is 1. The van der Waals surface area contributed by atoms with Crippen LogP contribution in [0.5, 0.6) is 17.2 Å². The molecule has 2 heterocycles. The summed E-state index contributed by atoms with van der Waals surface area (Å²) in [5.41, 5.74) is 1.70. The van der Waals surface area contributed by atoms with E-state index >= 15 is 0 Å². The predicted octanol–water partition coefficient (Wildman–Crippen LogP) is 3.87. The van der Waals surface area contributed by atoms with Crippen LogP contribution >= 0.6 is 27.3 Å². The Labute approximate surface area is 237 Å². The minimum absolute atomic E-state index is 0.117. The molecule has 1 atom stereocenters. The van der Waals surface area contributed by atoms with Crippen LogP contribution in [0.3, 0.4) is 0 Å². The molecule has 0 unspecified atom stereocenters. The molecular weight excluding hydrogens is 586 g/mol. The maximum Gasteiger partial charge on any atom is 0.338 e. The molecule has 2 aromatic carbocycles. The highest BCUT2D eigenvalue weighted by molar-refractivity contribution is 9.10. The number of nitrogens with zero attached hydrogens (tertiary/aromatic N) is 3. The molecule has 3 aromatic rings. The Hall–Kier alpha value is -3.88. The number of methoxy groups -OCH3 is 2. The molecule has 1 aliphatic rings. The molecule has 0 bridgehead atoms. The molecule has 0 saturated carbocycles. The Morgan fingerprint density at radius 2 is 1.90 bits per heavy atom. The smallest absolute Gasteiger partial charge is 0.338 e. The Morgan fingerprint density at radius 1 is 1.18 bits per heavy atom. The van der Waals surface area contributed by atoms with Gasteiger partial charge in [0.05, 0.1) is 36.1 Å². The first-order chi connectivity index (χ1) is 18.7. The van der Waals surface area contributed by atoms with Crippen LogP contribution in [0.15, 0.2) is 61.9 Å². The number of fused-ring (bicyclic) bond motifs is 1. The molecule has 11 heteroatoms. The van der Waals surface area contributed by atoms with Crippen LogP contribution in [-0.4, -0.2) is 37.5 Å². The topological polar surface area (TPSA) is 112 Å². The second-order valence-electron chi connectivity index (χ2n) is 8.78. The van der Waals surface area contributed by atoms with Gasteiger partial charge in [0.15, 0.2) is 22.9 Å². The normalized spacial score (nSPS) is 14.9. The number of hydrogen-bond donors (Lipinski definition) is 0. The highest BCUT2D eigenvalue weighted by atomic mass is 79.9. The third-order valence-corrected chi connectivity index (χ3v) is 7.32. The van der Waals surface area contributed by atoms with Crippen LogP contribution in [-0.2, 0) is 9.53 Å². The van der Waals surface area contributed by atoms with E-state index in [1.165, 1.54) is 30.1 Å². The fourth-order valence-corrected chi connectivity index (χ4v) is 5.65. The van der Waals surface area contributed by atoms with Gasteiger partial charge in [0, 0.05) is 10.0 Å². The van der Waals surface area contributed by atoms with E-state index in [4.69, 9.17) is 24.2 Å². The number of hydrogen-bond acceptors (Lipinski definition) is 9. The Bertz CT molecular complexity index is 1680. The molecule has 0 spiro atoms. The second kappa shape index (κ2) is 11.9. The van der Waals surface area contributed by atoms with Gasteiger partial charge >= 0.3 is 5.97 Å². The largest absolute Gasteiger partial charge is 0.496 e. The third-order valence-electron chi connectivity index (χ3n) is 5.85. The number of nitriles is 1. The number of rotatable bonds is 8. The summed E-state index contributed by atoms with van der Waals surface area (Å²) in [6.07, 6.45) is 1.36. The minimum atomic E-state index is -0.821. The number of allylic oxidation sites excluding steroid dienone is 1. The van der Waals surface area contributed by atoms with Gasteiger partial charge in [0.1, 0.15) is 17.9 Å². The van der Waals surface area contributed by atoms with Crippen molar-refractivity contribution in [3.8, 4) is 23.3 Å². The number of carbonyl (C=O) groups excluding carboxylic acids is 1. The molecule has 0 radical (unpaired) electrons. The summed E-state index contributed by atoms with van der Waals surface area (Å²) in [6.45, 7) is 5.15. The van der Waals surface area contributed by atoms with Gasteiger partial charge in [-0.25, -0.2) is 9.79 Å². The van der Waals surface area contributed by atoms with E-state index in [1.807, 2.05) is 18.2 Å². The highest BCUT2D eigenvalue weighted by Gasteiger charge is 2.35. The van der Waals surface area contributed by atoms with E-state index in [0.29, 0.717) is 43.4 Å². The predicted molar refractivity (Wildman–Crippen MR) is 150 cm³/mol. The molecule has 1 aromatic heterocycles. The van der Waals surface area contributed by atoms with Gasteiger partial charge < -0.3 is 18.9 Å². The van der Waals surface area contributed by atoms with Crippen molar-refractivity contribution in [2.24, 2.45) is 4.99 Å². The zero-order chi connectivity index (χ0) is 28.3. The van der Waals surface area contributed by atoms with E-state index in [0.717, 1.165) is 4.47 Å². The Morgan fingerprint density at radius 3 is 2.56 bits per heavy atom. The van der Waals surface area contributed by atoms with Crippen molar-refractivity contribution >= 4 is 39.3 Å². The first-order valence-corrected chi connectivity index (χ1v) is 13.5. The van der Waals surface area contributed by atoms with Crippen molar-refractivity contribution in [1.29, 1.82) is 5.26 Å². The van der Waals surface area contributed by atoms with Crippen molar-refractivity contribution in [3.05, 3.63) is 83.0 Å². The average Bonchev–Trinajstić information content (AvgIpc) is 3.20. The molecule has 202 valence electrons. The van der Waals surface area contributed by atoms with E-state index in [2.05, 4.69) is 20.9 Å². The number of halogens is 1. The summed E-state index contributed by atoms with van der Waals surface area (Å²) in [5.74, 6) is 0.812. The van der Waals surface area contributed by atoms with E-state index < -0.39 is 12.0 Å². The molecular formula is C28H26BrN3O6S. The van der Waals surface area contributed by atoms with Crippen LogP contribution in [0.2, 0.25) is 0 Å². The second-order valence-corrected chi connectivity index (χ2v) is 10.7. The lowest BCUT2D eigenvalue weighted by Crippen LogP contribution is -2.40. The van der Waals surface area contributed by atoms with Gasteiger partial charge in [-0.05, 0) is 62.7 Å². The first-order valence-electron chi connectivity index (χ1n) is 11.9. The van der Waals surface area contributed by atoms with Crippen molar-refractivity contribution in [2.75, 3.05) is 20.8 Å². The lowest BCUT2D eigenvalue weighted by atomic mass is 9.95. The van der Waals surface area contributed by atoms with Gasteiger partial charge in [0.25, 0.3) is 5.56 Å². The number of ether oxygens (including phenoxy) is 4. The van der Waals surface area contributed by atoms with Gasteiger partial charge in [0.2, 0.25) is 0 Å². The maximum atomic E-state index is 13.9. The van der Waals surface area contributed by atoms with Crippen LogP contribution in [0.1, 0.15) is 37.9 Å². The van der Waals surface area contributed by atoms with E-state index in [1.54, 1.807) is 51.1 Å². The van der Waals surface area contributed by atoms with Crippen LogP contribution in [0.25, 0.3) is 6.08 Å². The summed E-state index contributed by atoms with van der Waals surface area (Å²) in [6, 6.07) is 11.7. The molecule has 0 fully saturated rings.